The molecule has 29 heavy (non-hydrogen) atoms. The number of amides is 3. The molecule has 4 rings (SSSR count). The molecule has 1 unspecified atom stereocenters. The molecule has 9 heteroatoms. The van der Waals surface area contributed by atoms with Crippen molar-refractivity contribution in [2.45, 2.75) is 13.0 Å². The van der Waals surface area contributed by atoms with Gasteiger partial charge in [-0.05, 0) is 31.2 Å². The molecule has 1 aromatic carbocycles. The van der Waals surface area contributed by atoms with E-state index < -0.39 is 6.04 Å². The molecular weight excluding hydrogens is 388 g/mol. The van der Waals surface area contributed by atoms with Gasteiger partial charge < -0.3 is 20.4 Å². The van der Waals surface area contributed by atoms with E-state index >= 15 is 0 Å². The van der Waals surface area contributed by atoms with Crippen LogP contribution in [0.2, 0.25) is 0 Å². The highest BCUT2D eigenvalue weighted by atomic mass is 32.1. The molecule has 0 radical (unpaired) electrons. The molecular formula is C20H22N6O2S. The number of carbonyl (C=O) groups is 2. The van der Waals surface area contributed by atoms with Gasteiger partial charge in [-0.3, -0.25) is 4.79 Å². The Balaban J connectivity index is 1.28. The number of nitrogens with one attached hydrogen (secondary N) is 2. The van der Waals surface area contributed by atoms with E-state index in [0.717, 1.165) is 16.0 Å². The molecule has 2 aromatic heterocycles. The van der Waals surface area contributed by atoms with Gasteiger partial charge in [-0.1, -0.05) is 29.5 Å². The van der Waals surface area contributed by atoms with E-state index in [1.165, 1.54) is 11.3 Å². The molecule has 3 aromatic rings. The minimum Gasteiger partial charge on any atom is -0.353 e. The van der Waals surface area contributed by atoms with E-state index in [0.29, 0.717) is 31.3 Å². The van der Waals surface area contributed by atoms with Crippen molar-refractivity contribution in [1.82, 2.24) is 20.2 Å². The molecule has 3 amide bonds. The van der Waals surface area contributed by atoms with Crippen LogP contribution in [-0.2, 0) is 4.79 Å². The molecule has 3 heterocycles. The molecule has 150 valence electrons. The van der Waals surface area contributed by atoms with E-state index in [9.17, 15) is 9.59 Å². The number of pyridine rings is 1. The molecule has 1 aliphatic rings. The van der Waals surface area contributed by atoms with Crippen molar-refractivity contribution in [2.24, 2.45) is 0 Å². The minimum absolute atomic E-state index is 0.238. The number of thiazole rings is 1. The normalized spacial score (nSPS) is 15.2. The number of rotatable bonds is 4. The van der Waals surface area contributed by atoms with Crippen LogP contribution in [0, 0.1) is 0 Å². The molecule has 1 saturated heterocycles. The number of hydrogen-bond acceptors (Lipinski definition) is 6. The molecule has 2 N–H and O–H groups in total. The largest absolute Gasteiger partial charge is 0.353 e. The van der Waals surface area contributed by atoms with E-state index in [1.807, 2.05) is 42.5 Å². The zero-order valence-corrected chi connectivity index (χ0v) is 16.9. The van der Waals surface area contributed by atoms with Crippen LogP contribution in [0.4, 0.5) is 15.7 Å². The number of anilines is 2. The first-order chi connectivity index (χ1) is 14.1. The van der Waals surface area contributed by atoms with Crippen LogP contribution in [0.25, 0.3) is 10.2 Å². The number of carbonyl (C=O) groups excluding carboxylic acids is 2. The summed E-state index contributed by atoms with van der Waals surface area (Å²) >= 11 is 1.41. The summed E-state index contributed by atoms with van der Waals surface area (Å²) < 4.78 is 1.00. The fraction of sp³-hybridized carbons (Fsp3) is 0.300. The van der Waals surface area contributed by atoms with E-state index in [2.05, 4.69) is 25.5 Å². The topological polar surface area (TPSA) is 90.5 Å². The number of fused-ring (bicyclic) bond motifs is 1. The molecule has 1 fully saturated rings. The molecule has 0 saturated carbocycles. The summed E-state index contributed by atoms with van der Waals surface area (Å²) in [6.07, 6.45) is 1.76. The van der Waals surface area contributed by atoms with E-state index in [-0.39, 0.29) is 11.9 Å². The van der Waals surface area contributed by atoms with Gasteiger partial charge >= 0.3 is 6.03 Å². The monoisotopic (exact) mass is 410 g/mol. The standard InChI is InChI=1S/C20H22N6O2S/c1-14(18(27)24-19-23-15-6-2-3-7-16(15)29-19)22-20(28)26-12-10-25(11-13-26)17-8-4-5-9-21-17/h2-9,14H,10-13H2,1H3,(H,22,28)(H,23,24,27). The number of hydrogen-bond donors (Lipinski definition) is 2. The highest BCUT2D eigenvalue weighted by Crippen LogP contribution is 2.25. The first-order valence-corrected chi connectivity index (χ1v) is 10.3. The molecule has 0 bridgehead atoms. The van der Waals surface area contributed by atoms with Crippen LogP contribution in [-0.4, -0.2) is 59.0 Å². The number of urea groups is 1. The Morgan fingerprint density at radius 3 is 2.55 bits per heavy atom. The van der Waals surface area contributed by atoms with Gasteiger partial charge in [0, 0.05) is 32.4 Å². The summed E-state index contributed by atoms with van der Waals surface area (Å²) in [5.74, 6) is 0.626. The van der Waals surface area contributed by atoms with Gasteiger partial charge in [0.15, 0.2) is 5.13 Å². The van der Waals surface area contributed by atoms with Crippen molar-refractivity contribution in [1.29, 1.82) is 0 Å². The van der Waals surface area contributed by atoms with Gasteiger partial charge in [0.2, 0.25) is 5.91 Å². The van der Waals surface area contributed by atoms with Crippen LogP contribution in [0.1, 0.15) is 6.92 Å². The summed E-state index contributed by atoms with van der Waals surface area (Å²) in [5.41, 5.74) is 0.843. The predicted octanol–water partition coefficient (Wildman–Crippen LogP) is 2.55. The van der Waals surface area contributed by atoms with Gasteiger partial charge in [0.1, 0.15) is 11.9 Å². The Hall–Kier alpha value is -3.20. The smallest absolute Gasteiger partial charge is 0.318 e. The predicted molar refractivity (Wildman–Crippen MR) is 114 cm³/mol. The zero-order valence-electron chi connectivity index (χ0n) is 16.0. The second kappa shape index (κ2) is 8.44. The summed E-state index contributed by atoms with van der Waals surface area (Å²) in [7, 11) is 0. The lowest BCUT2D eigenvalue weighted by Gasteiger charge is -2.35. The third-order valence-electron chi connectivity index (χ3n) is 4.80. The molecule has 1 atom stereocenters. The van der Waals surface area contributed by atoms with Gasteiger partial charge in [-0.25, -0.2) is 14.8 Å². The van der Waals surface area contributed by atoms with Crippen molar-refractivity contribution in [3.63, 3.8) is 0 Å². The highest BCUT2D eigenvalue weighted by molar-refractivity contribution is 7.22. The molecule has 1 aliphatic heterocycles. The Labute approximate surface area is 172 Å². The van der Waals surface area contributed by atoms with Crippen molar-refractivity contribution in [3.8, 4) is 0 Å². The number of nitrogens with zero attached hydrogens (tertiary/aromatic N) is 4. The fourth-order valence-corrected chi connectivity index (χ4v) is 4.03. The number of piperazine rings is 1. The Morgan fingerprint density at radius 1 is 1.07 bits per heavy atom. The maximum atomic E-state index is 12.5. The summed E-state index contributed by atoms with van der Waals surface area (Å²) in [6.45, 7) is 4.24. The summed E-state index contributed by atoms with van der Waals surface area (Å²) in [5, 5.41) is 6.09. The van der Waals surface area contributed by atoms with Gasteiger partial charge in [-0.2, -0.15) is 0 Å². The van der Waals surface area contributed by atoms with Crippen molar-refractivity contribution in [3.05, 3.63) is 48.7 Å². The zero-order chi connectivity index (χ0) is 20.2. The number of benzene rings is 1. The lowest BCUT2D eigenvalue weighted by atomic mass is 10.3. The quantitative estimate of drug-likeness (QED) is 0.690. The lowest BCUT2D eigenvalue weighted by Crippen LogP contribution is -2.54. The average Bonchev–Trinajstić information content (AvgIpc) is 3.16. The van der Waals surface area contributed by atoms with E-state index in [4.69, 9.17) is 0 Å². The Kier molecular flexibility index (Phi) is 5.57. The van der Waals surface area contributed by atoms with Gasteiger partial charge in [0.25, 0.3) is 0 Å². The fourth-order valence-electron chi connectivity index (χ4n) is 3.16. The number of para-hydroxylation sites is 1. The SMILES string of the molecule is CC(NC(=O)N1CCN(c2ccccn2)CC1)C(=O)Nc1nc2ccccc2s1. The third-order valence-corrected chi connectivity index (χ3v) is 5.75. The lowest BCUT2D eigenvalue weighted by molar-refractivity contribution is -0.117. The van der Waals surface area contributed by atoms with Crippen LogP contribution in [0.3, 0.4) is 0 Å². The van der Waals surface area contributed by atoms with Crippen LogP contribution in [0.5, 0.6) is 0 Å². The third kappa shape index (κ3) is 4.45. The minimum atomic E-state index is -0.664. The van der Waals surface area contributed by atoms with Crippen LogP contribution >= 0.6 is 11.3 Å². The molecule has 0 aliphatic carbocycles. The first-order valence-electron chi connectivity index (χ1n) is 9.48. The average molecular weight is 411 g/mol. The molecule has 0 spiro atoms. The number of aromatic nitrogens is 2. The van der Waals surface area contributed by atoms with Crippen LogP contribution in [0.15, 0.2) is 48.7 Å². The Bertz CT molecular complexity index is 967. The Morgan fingerprint density at radius 2 is 1.83 bits per heavy atom. The maximum absolute atomic E-state index is 12.5. The van der Waals surface area contributed by atoms with Gasteiger partial charge in [0.05, 0.1) is 10.2 Å². The van der Waals surface area contributed by atoms with Gasteiger partial charge in [-0.15, -0.1) is 0 Å². The van der Waals surface area contributed by atoms with Crippen molar-refractivity contribution >= 4 is 44.4 Å². The summed E-state index contributed by atoms with van der Waals surface area (Å²) in [6, 6.07) is 12.6. The van der Waals surface area contributed by atoms with Crippen molar-refractivity contribution in [2.75, 3.05) is 36.4 Å². The second-order valence-electron chi connectivity index (χ2n) is 6.81. The first kappa shape index (κ1) is 19.1. The summed E-state index contributed by atoms with van der Waals surface area (Å²) in [4.78, 5) is 37.6. The van der Waals surface area contributed by atoms with Crippen molar-refractivity contribution < 1.29 is 9.59 Å². The second-order valence-corrected chi connectivity index (χ2v) is 7.84. The van der Waals surface area contributed by atoms with E-state index in [1.54, 1.807) is 18.0 Å². The molecule has 8 nitrogen and oxygen atoms in total. The van der Waals surface area contributed by atoms with Crippen LogP contribution < -0.4 is 15.5 Å². The highest BCUT2D eigenvalue weighted by Gasteiger charge is 2.24. The maximum Gasteiger partial charge on any atom is 0.318 e.